The van der Waals surface area contributed by atoms with Gasteiger partial charge in [-0.25, -0.2) is 0 Å². The van der Waals surface area contributed by atoms with Crippen LogP contribution in [0.2, 0.25) is 0 Å². The van der Waals surface area contributed by atoms with Gasteiger partial charge in [-0.15, -0.1) is 0 Å². The number of hydrogen-bond acceptors (Lipinski definition) is 3. The van der Waals surface area contributed by atoms with Crippen LogP contribution in [-0.2, 0) is 14.3 Å². The Balaban J connectivity index is 2.13. The zero-order valence-corrected chi connectivity index (χ0v) is 12.7. The zero-order valence-electron chi connectivity index (χ0n) is 12.7. The van der Waals surface area contributed by atoms with Gasteiger partial charge in [-0.3, -0.25) is 9.59 Å². The van der Waals surface area contributed by atoms with Crippen molar-refractivity contribution in [3.63, 3.8) is 0 Å². The van der Waals surface area contributed by atoms with Crippen LogP contribution in [0, 0.1) is 11.8 Å². The molecule has 2 aliphatic rings. The van der Waals surface area contributed by atoms with Crippen molar-refractivity contribution in [2.75, 3.05) is 19.8 Å². The first-order valence-corrected chi connectivity index (χ1v) is 7.70. The highest BCUT2D eigenvalue weighted by Gasteiger charge is 2.37. The molecule has 5 heteroatoms. The topological polar surface area (TPSA) is 58.6 Å². The molecule has 0 saturated carbocycles. The van der Waals surface area contributed by atoms with E-state index in [0.29, 0.717) is 18.9 Å². The van der Waals surface area contributed by atoms with Crippen molar-refractivity contribution in [3.05, 3.63) is 0 Å². The quantitative estimate of drug-likeness (QED) is 0.842. The SMILES string of the molecule is CCC(C)C1NC(=O)CC(C)N(CC2CCOC2)C1=O. The maximum absolute atomic E-state index is 12.8. The summed E-state index contributed by atoms with van der Waals surface area (Å²) in [6.45, 7) is 8.26. The molecule has 5 nitrogen and oxygen atoms in total. The number of amides is 2. The smallest absolute Gasteiger partial charge is 0.245 e. The zero-order chi connectivity index (χ0) is 14.7. The van der Waals surface area contributed by atoms with Crippen molar-refractivity contribution >= 4 is 11.8 Å². The number of nitrogens with zero attached hydrogens (tertiary/aromatic N) is 1. The highest BCUT2D eigenvalue weighted by molar-refractivity contribution is 5.90. The lowest BCUT2D eigenvalue weighted by Crippen LogP contribution is -2.50. The first-order chi connectivity index (χ1) is 9.52. The molecule has 2 saturated heterocycles. The number of ether oxygens (including phenoxy) is 1. The van der Waals surface area contributed by atoms with Crippen LogP contribution < -0.4 is 5.32 Å². The van der Waals surface area contributed by atoms with E-state index >= 15 is 0 Å². The summed E-state index contributed by atoms with van der Waals surface area (Å²) >= 11 is 0. The molecule has 4 atom stereocenters. The predicted octanol–water partition coefficient (Wildman–Crippen LogP) is 1.17. The second-order valence-electron chi connectivity index (χ2n) is 6.20. The summed E-state index contributed by atoms with van der Waals surface area (Å²) < 4.78 is 5.40. The molecule has 0 radical (unpaired) electrons. The lowest BCUT2D eigenvalue weighted by Gasteiger charge is -2.32. The normalized spacial score (nSPS) is 33.0. The van der Waals surface area contributed by atoms with Gasteiger partial charge in [0, 0.05) is 31.5 Å². The van der Waals surface area contributed by atoms with Crippen LogP contribution >= 0.6 is 0 Å². The number of rotatable bonds is 4. The Bertz CT molecular complexity index is 366. The number of carbonyl (C=O) groups is 2. The van der Waals surface area contributed by atoms with E-state index in [9.17, 15) is 9.59 Å². The van der Waals surface area contributed by atoms with Crippen molar-refractivity contribution in [2.24, 2.45) is 11.8 Å². The third-order valence-corrected chi connectivity index (χ3v) is 4.57. The van der Waals surface area contributed by atoms with Gasteiger partial charge in [-0.1, -0.05) is 20.3 Å². The Morgan fingerprint density at radius 3 is 2.80 bits per heavy atom. The predicted molar refractivity (Wildman–Crippen MR) is 76.1 cm³/mol. The van der Waals surface area contributed by atoms with E-state index in [1.54, 1.807) is 0 Å². The molecular weight excluding hydrogens is 256 g/mol. The van der Waals surface area contributed by atoms with Gasteiger partial charge in [0.15, 0.2) is 0 Å². The minimum absolute atomic E-state index is 0.0127. The van der Waals surface area contributed by atoms with E-state index in [1.165, 1.54) is 0 Å². The van der Waals surface area contributed by atoms with E-state index in [2.05, 4.69) is 5.32 Å². The van der Waals surface area contributed by atoms with Crippen LogP contribution in [0.3, 0.4) is 0 Å². The van der Waals surface area contributed by atoms with Crippen LogP contribution in [0.15, 0.2) is 0 Å². The van der Waals surface area contributed by atoms with Gasteiger partial charge in [0.05, 0.1) is 6.61 Å². The Kier molecular flexibility index (Phi) is 5.02. The molecule has 20 heavy (non-hydrogen) atoms. The maximum atomic E-state index is 12.8. The lowest BCUT2D eigenvalue weighted by atomic mass is 9.97. The minimum Gasteiger partial charge on any atom is -0.381 e. The summed E-state index contributed by atoms with van der Waals surface area (Å²) in [5, 5.41) is 2.90. The molecule has 0 spiro atoms. The maximum Gasteiger partial charge on any atom is 0.245 e. The van der Waals surface area contributed by atoms with E-state index in [0.717, 1.165) is 26.1 Å². The summed E-state index contributed by atoms with van der Waals surface area (Å²) in [6, 6.07) is -0.406. The standard InChI is InChI=1S/C15H26N2O3/c1-4-10(2)14-15(19)17(8-12-5-6-20-9-12)11(3)7-13(18)16-14/h10-12,14H,4-9H2,1-3H3,(H,16,18). The molecule has 0 aromatic carbocycles. The molecule has 2 fully saturated rings. The Labute approximate surface area is 121 Å². The van der Waals surface area contributed by atoms with Crippen molar-refractivity contribution in [3.8, 4) is 0 Å². The van der Waals surface area contributed by atoms with Crippen LogP contribution in [-0.4, -0.2) is 48.6 Å². The summed E-state index contributed by atoms with van der Waals surface area (Å²) in [6.07, 6.45) is 2.28. The molecule has 2 amide bonds. The monoisotopic (exact) mass is 282 g/mol. The highest BCUT2D eigenvalue weighted by Crippen LogP contribution is 2.22. The van der Waals surface area contributed by atoms with Crippen molar-refractivity contribution < 1.29 is 14.3 Å². The molecule has 2 aliphatic heterocycles. The van der Waals surface area contributed by atoms with Crippen molar-refractivity contribution in [1.29, 1.82) is 0 Å². The molecule has 0 bridgehead atoms. The summed E-state index contributed by atoms with van der Waals surface area (Å²) in [7, 11) is 0. The average molecular weight is 282 g/mol. The fourth-order valence-corrected chi connectivity index (χ4v) is 2.97. The Hall–Kier alpha value is -1.10. The largest absolute Gasteiger partial charge is 0.381 e. The molecule has 114 valence electrons. The second-order valence-corrected chi connectivity index (χ2v) is 6.20. The molecule has 2 heterocycles. The molecule has 2 rings (SSSR count). The van der Waals surface area contributed by atoms with Gasteiger partial charge in [0.1, 0.15) is 6.04 Å². The van der Waals surface area contributed by atoms with Crippen LogP contribution in [0.4, 0.5) is 0 Å². The van der Waals surface area contributed by atoms with Crippen LogP contribution in [0.1, 0.15) is 40.0 Å². The molecular formula is C15H26N2O3. The van der Waals surface area contributed by atoms with Gasteiger partial charge < -0.3 is 15.0 Å². The van der Waals surface area contributed by atoms with Crippen LogP contribution in [0.5, 0.6) is 0 Å². The first-order valence-electron chi connectivity index (χ1n) is 7.70. The highest BCUT2D eigenvalue weighted by atomic mass is 16.5. The van der Waals surface area contributed by atoms with E-state index in [1.807, 2.05) is 25.7 Å². The van der Waals surface area contributed by atoms with Crippen molar-refractivity contribution in [1.82, 2.24) is 10.2 Å². The fourth-order valence-electron chi connectivity index (χ4n) is 2.97. The van der Waals surface area contributed by atoms with E-state index < -0.39 is 0 Å². The summed E-state index contributed by atoms with van der Waals surface area (Å²) in [4.78, 5) is 26.6. The third kappa shape index (κ3) is 3.32. The molecule has 0 aromatic rings. The molecule has 1 N–H and O–H groups in total. The molecule has 0 aromatic heterocycles. The van der Waals surface area contributed by atoms with Gasteiger partial charge in [-0.05, 0) is 19.3 Å². The lowest BCUT2D eigenvalue weighted by molar-refractivity contribution is -0.136. The van der Waals surface area contributed by atoms with Gasteiger partial charge in [0.25, 0.3) is 0 Å². The Morgan fingerprint density at radius 2 is 2.20 bits per heavy atom. The van der Waals surface area contributed by atoms with Gasteiger partial charge >= 0.3 is 0 Å². The third-order valence-electron chi connectivity index (χ3n) is 4.57. The average Bonchev–Trinajstić information content (AvgIpc) is 2.89. The second kappa shape index (κ2) is 6.57. The summed E-state index contributed by atoms with van der Waals surface area (Å²) in [5.41, 5.74) is 0. The Morgan fingerprint density at radius 1 is 1.45 bits per heavy atom. The van der Waals surface area contributed by atoms with Crippen molar-refractivity contribution in [2.45, 2.75) is 52.1 Å². The summed E-state index contributed by atoms with van der Waals surface area (Å²) in [5.74, 6) is 0.636. The number of carbonyl (C=O) groups excluding carboxylic acids is 2. The van der Waals surface area contributed by atoms with Gasteiger partial charge in [0.2, 0.25) is 11.8 Å². The molecule has 0 aliphatic carbocycles. The number of nitrogens with one attached hydrogen (secondary N) is 1. The number of hydrogen-bond donors (Lipinski definition) is 1. The fraction of sp³-hybridized carbons (Fsp3) is 0.867. The van der Waals surface area contributed by atoms with E-state index in [-0.39, 0.29) is 29.8 Å². The van der Waals surface area contributed by atoms with Gasteiger partial charge in [-0.2, -0.15) is 0 Å². The first kappa shape index (κ1) is 15.3. The van der Waals surface area contributed by atoms with Crippen LogP contribution in [0.25, 0.3) is 0 Å². The van der Waals surface area contributed by atoms with E-state index in [4.69, 9.17) is 4.74 Å². The minimum atomic E-state index is -0.375. The molecule has 4 unspecified atom stereocenters.